The van der Waals surface area contributed by atoms with E-state index in [2.05, 4.69) is 37.7 Å². The highest BCUT2D eigenvalue weighted by Gasteiger charge is 2.18. The lowest BCUT2D eigenvalue weighted by Gasteiger charge is -2.22. The summed E-state index contributed by atoms with van der Waals surface area (Å²) >= 11 is 1.56. The van der Waals surface area contributed by atoms with Gasteiger partial charge in [-0.2, -0.15) is 5.26 Å². The lowest BCUT2D eigenvalue weighted by molar-refractivity contribution is -0.106. The van der Waals surface area contributed by atoms with Crippen LogP contribution >= 0.6 is 11.9 Å². The Kier molecular flexibility index (Phi) is 13.8. The third kappa shape index (κ3) is 10.6. The number of nitriles is 1. The number of likely N-dealkylation sites (N-methyl/N-ethyl adjacent to an activating group) is 1. The third-order valence-corrected chi connectivity index (χ3v) is 7.34. The number of hydrogen-bond acceptors (Lipinski definition) is 9. The zero-order valence-electron chi connectivity index (χ0n) is 22.3. The molecule has 206 valence electrons. The maximum Gasteiger partial charge on any atom is 0.257 e. The number of para-hydroxylation sites is 1. The van der Waals surface area contributed by atoms with E-state index in [1.54, 1.807) is 49.2 Å². The van der Waals surface area contributed by atoms with Crippen LogP contribution in [0.15, 0.2) is 75.2 Å². The van der Waals surface area contributed by atoms with Crippen molar-refractivity contribution in [3.8, 4) is 6.07 Å². The molecule has 0 aliphatic carbocycles. The Bertz CT molecular complexity index is 1260. The molecule has 12 heteroatoms. The van der Waals surface area contributed by atoms with Gasteiger partial charge in [-0.05, 0) is 75.1 Å². The normalized spacial score (nSPS) is 12.5. The molecule has 2 N–H and O–H groups in total. The topological polar surface area (TPSA) is 130 Å². The van der Waals surface area contributed by atoms with Crippen molar-refractivity contribution in [3.63, 3.8) is 0 Å². The SMILES string of the molecule is C=N/C(C)=C\C(C#N)=NCCN(CCNC)Sc1ccc(NC(=O)c2ccccc2N(CC=O)S(C)=O)cc1. The van der Waals surface area contributed by atoms with E-state index in [9.17, 15) is 19.1 Å². The van der Waals surface area contributed by atoms with Crippen molar-refractivity contribution >= 4 is 58.9 Å². The first-order valence-corrected chi connectivity index (χ1v) is 14.3. The Hall–Kier alpha value is -3.63. The van der Waals surface area contributed by atoms with Crippen LogP contribution in [0.3, 0.4) is 0 Å². The Balaban J connectivity index is 2.09. The number of hydrogen-bond donors (Lipinski definition) is 2. The Labute approximate surface area is 236 Å². The number of amides is 1. The fraction of sp³-hybridized carbons (Fsp3) is 0.296. The summed E-state index contributed by atoms with van der Waals surface area (Å²) in [4.78, 5) is 33.2. The monoisotopic (exact) mass is 567 g/mol. The van der Waals surface area contributed by atoms with Crippen LogP contribution in [0.2, 0.25) is 0 Å². The molecule has 39 heavy (non-hydrogen) atoms. The maximum atomic E-state index is 13.0. The molecule has 0 saturated heterocycles. The zero-order valence-corrected chi connectivity index (χ0v) is 23.9. The molecule has 0 aliphatic heterocycles. The van der Waals surface area contributed by atoms with E-state index in [-0.39, 0.29) is 12.5 Å². The third-order valence-electron chi connectivity index (χ3n) is 5.27. The van der Waals surface area contributed by atoms with Gasteiger partial charge in [0.05, 0.1) is 24.3 Å². The van der Waals surface area contributed by atoms with Crippen LogP contribution in [0.1, 0.15) is 17.3 Å². The molecule has 2 aromatic carbocycles. The van der Waals surface area contributed by atoms with Crippen molar-refractivity contribution in [1.29, 1.82) is 5.26 Å². The number of benzene rings is 2. The van der Waals surface area contributed by atoms with Gasteiger partial charge >= 0.3 is 0 Å². The van der Waals surface area contributed by atoms with E-state index in [0.29, 0.717) is 47.7 Å². The lowest BCUT2D eigenvalue weighted by Crippen LogP contribution is -2.29. The average molecular weight is 568 g/mol. The predicted molar refractivity (Wildman–Crippen MR) is 161 cm³/mol. The number of aliphatic imine (C=N–C) groups is 2. The first-order chi connectivity index (χ1) is 18.8. The Morgan fingerprint density at radius 2 is 1.92 bits per heavy atom. The van der Waals surface area contributed by atoms with Gasteiger partial charge in [0, 0.05) is 42.2 Å². The van der Waals surface area contributed by atoms with E-state index < -0.39 is 11.0 Å². The largest absolute Gasteiger partial charge is 0.322 e. The van der Waals surface area contributed by atoms with E-state index in [4.69, 9.17) is 0 Å². The van der Waals surface area contributed by atoms with E-state index in [0.717, 1.165) is 18.0 Å². The van der Waals surface area contributed by atoms with Gasteiger partial charge in [-0.1, -0.05) is 12.1 Å². The second kappa shape index (κ2) is 17.1. The number of carbonyl (C=O) groups is 2. The van der Waals surface area contributed by atoms with Crippen molar-refractivity contribution in [2.75, 3.05) is 55.6 Å². The van der Waals surface area contributed by atoms with Crippen LogP contribution in [0.5, 0.6) is 0 Å². The van der Waals surface area contributed by atoms with Gasteiger partial charge in [-0.25, -0.2) is 8.51 Å². The summed E-state index contributed by atoms with van der Waals surface area (Å²) < 4.78 is 15.7. The number of anilines is 2. The van der Waals surface area contributed by atoms with Crippen molar-refractivity contribution < 1.29 is 13.8 Å². The molecule has 0 spiro atoms. The summed E-state index contributed by atoms with van der Waals surface area (Å²) in [6, 6.07) is 16.2. The van der Waals surface area contributed by atoms with E-state index in [1.165, 1.54) is 10.6 Å². The van der Waals surface area contributed by atoms with Gasteiger partial charge in [0.2, 0.25) is 0 Å². The van der Waals surface area contributed by atoms with Gasteiger partial charge in [-0.15, -0.1) is 0 Å². The molecule has 2 aromatic rings. The summed E-state index contributed by atoms with van der Waals surface area (Å²) in [6.45, 7) is 7.72. The van der Waals surface area contributed by atoms with Crippen LogP contribution in [0, 0.1) is 11.3 Å². The molecule has 0 aromatic heterocycles. The number of rotatable bonds is 16. The fourth-order valence-corrected chi connectivity index (χ4v) is 4.94. The number of allylic oxidation sites excluding steroid dienone is 2. The van der Waals surface area contributed by atoms with Crippen LogP contribution in [-0.2, 0) is 15.8 Å². The second-order valence-electron chi connectivity index (χ2n) is 8.09. The highest BCUT2D eigenvalue weighted by atomic mass is 32.2. The first-order valence-electron chi connectivity index (χ1n) is 12.0. The first kappa shape index (κ1) is 31.6. The summed E-state index contributed by atoms with van der Waals surface area (Å²) in [5.41, 5.74) is 2.27. The van der Waals surface area contributed by atoms with E-state index in [1.807, 2.05) is 31.3 Å². The Morgan fingerprint density at radius 3 is 2.54 bits per heavy atom. The summed E-state index contributed by atoms with van der Waals surface area (Å²) in [7, 11) is 0.414. The molecule has 2 rings (SSSR count). The molecule has 0 aliphatic rings. The molecule has 1 amide bonds. The average Bonchev–Trinajstić information content (AvgIpc) is 2.94. The maximum absolute atomic E-state index is 13.0. The summed E-state index contributed by atoms with van der Waals surface area (Å²) in [6.07, 6.45) is 3.71. The number of nitrogens with one attached hydrogen (secondary N) is 2. The number of nitrogens with zero attached hydrogens (tertiary/aromatic N) is 5. The van der Waals surface area contributed by atoms with Gasteiger partial charge in [0.25, 0.3) is 5.91 Å². The zero-order chi connectivity index (χ0) is 28.6. The van der Waals surface area contributed by atoms with Crippen molar-refractivity contribution in [1.82, 2.24) is 9.62 Å². The minimum absolute atomic E-state index is 0.0884. The molecule has 1 atom stereocenters. The molecule has 0 saturated carbocycles. The molecule has 0 bridgehead atoms. The van der Waals surface area contributed by atoms with Crippen molar-refractivity contribution in [2.45, 2.75) is 11.8 Å². The lowest BCUT2D eigenvalue weighted by atomic mass is 10.1. The molecule has 0 radical (unpaired) electrons. The van der Waals surface area contributed by atoms with Crippen LogP contribution in [0.4, 0.5) is 11.4 Å². The number of aldehydes is 1. The molecule has 0 fully saturated rings. The quantitative estimate of drug-likeness (QED) is 0.181. The molecular weight excluding hydrogens is 534 g/mol. The van der Waals surface area contributed by atoms with Crippen molar-refractivity contribution in [3.05, 3.63) is 65.9 Å². The molecule has 1 unspecified atom stereocenters. The second-order valence-corrected chi connectivity index (χ2v) is 10.6. The summed E-state index contributed by atoms with van der Waals surface area (Å²) in [5, 5.41) is 15.3. The fourth-order valence-electron chi connectivity index (χ4n) is 3.32. The number of carbonyl (C=O) groups excluding carboxylic acids is 2. The van der Waals surface area contributed by atoms with Crippen LogP contribution < -0.4 is 14.9 Å². The van der Waals surface area contributed by atoms with Gasteiger partial charge in [-0.3, -0.25) is 19.1 Å². The minimum Gasteiger partial charge on any atom is -0.322 e. The van der Waals surface area contributed by atoms with E-state index >= 15 is 0 Å². The van der Waals surface area contributed by atoms with Gasteiger partial charge < -0.3 is 15.4 Å². The van der Waals surface area contributed by atoms with Gasteiger partial charge in [0.1, 0.15) is 29.1 Å². The standard InChI is InChI=1S/C27H33N7O3S2/c1-21(30-3)19-23(20-28)31-14-16-33(15-13-29-2)38-24-11-9-22(10-12-24)32-27(36)25-7-5-6-8-26(25)34(17-18-35)39(4)37/h5-12,18-19,29H,3,13-17H2,1-2,4H3,(H,32,36)/b21-19-,31-23?. The highest BCUT2D eigenvalue weighted by molar-refractivity contribution is 7.97. The Morgan fingerprint density at radius 1 is 1.21 bits per heavy atom. The van der Waals surface area contributed by atoms with Gasteiger partial charge in [0.15, 0.2) is 0 Å². The molecular formula is C27H33N7O3S2. The smallest absolute Gasteiger partial charge is 0.257 e. The molecule has 0 heterocycles. The summed E-state index contributed by atoms with van der Waals surface area (Å²) in [5.74, 6) is -0.370. The van der Waals surface area contributed by atoms with Crippen molar-refractivity contribution in [2.24, 2.45) is 9.98 Å². The molecule has 10 nitrogen and oxygen atoms in total. The van der Waals surface area contributed by atoms with Crippen LogP contribution in [0.25, 0.3) is 0 Å². The highest BCUT2D eigenvalue weighted by Crippen LogP contribution is 2.26. The van der Waals surface area contributed by atoms with Crippen LogP contribution in [-0.4, -0.2) is 79.2 Å². The minimum atomic E-state index is -1.47. The predicted octanol–water partition coefficient (Wildman–Crippen LogP) is 3.34.